The summed E-state index contributed by atoms with van der Waals surface area (Å²) in [5.74, 6) is 0. The molecule has 26 heavy (non-hydrogen) atoms. The Kier molecular flexibility index (Phi) is 2.48. The number of H-pyrrole nitrogens is 1. The first-order chi connectivity index (χ1) is 12.6. The van der Waals surface area contributed by atoms with E-state index in [1.54, 1.807) is 0 Å². The highest BCUT2D eigenvalue weighted by atomic mass is 14.7. The Morgan fingerprint density at radius 3 is 2.31 bits per heavy atom. The van der Waals surface area contributed by atoms with Crippen molar-refractivity contribution in [1.82, 2.24) is 4.98 Å². The van der Waals surface area contributed by atoms with Crippen molar-refractivity contribution in [3.8, 4) is 11.1 Å². The van der Waals surface area contributed by atoms with E-state index in [0.717, 1.165) is 0 Å². The summed E-state index contributed by atoms with van der Waals surface area (Å²) >= 11 is 0. The van der Waals surface area contributed by atoms with Gasteiger partial charge < -0.3 is 4.98 Å². The lowest BCUT2D eigenvalue weighted by Gasteiger charge is -2.23. The summed E-state index contributed by atoms with van der Waals surface area (Å²) < 4.78 is 0. The monoisotopic (exact) mass is 333 g/mol. The molecule has 1 heteroatoms. The van der Waals surface area contributed by atoms with E-state index in [0.29, 0.717) is 0 Å². The van der Waals surface area contributed by atoms with Crippen LogP contribution >= 0.6 is 0 Å². The Hall–Kier alpha value is -3.06. The van der Waals surface area contributed by atoms with Gasteiger partial charge in [-0.15, -0.1) is 0 Å². The van der Waals surface area contributed by atoms with Crippen molar-refractivity contribution in [2.45, 2.75) is 19.3 Å². The summed E-state index contributed by atoms with van der Waals surface area (Å²) in [5, 5.41) is 5.33. The molecule has 1 aliphatic carbocycles. The van der Waals surface area contributed by atoms with Gasteiger partial charge in [0, 0.05) is 27.2 Å². The van der Waals surface area contributed by atoms with E-state index in [9.17, 15) is 0 Å². The molecule has 1 N–H and O–H groups in total. The van der Waals surface area contributed by atoms with Crippen molar-refractivity contribution in [3.05, 3.63) is 83.9 Å². The molecule has 0 aliphatic heterocycles. The lowest BCUT2D eigenvalue weighted by Crippen LogP contribution is -2.15. The first-order valence-electron chi connectivity index (χ1n) is 9.22. The van der Waals surface area contributed by atoms with Gasteiger partial charge in [0.05, 0.1) is 0 Å². The molecule has 1 aliphatic rings. The molecular weight excluding hydrogens is 314 g/mol. The van der Waals surface area contributed by atoms with Crippen LogP contribution in [0.1, 0.15) is 25.0 Å². The lowest BCUT2D eigenvalue weighted by atomic mass is 9.80. The van der Waals surface area contributed by atoms with E-state index in [2.05, 4.69) is 91.6 Å². The Labute approximate surface area is 152 Å². The smallest absolute Gasteiger partial charge is 0.0471 e. The molecule has 0 fully saturated rings. The number of benzene rings is 4. The summed E-state index contributed by atoms with van der Waals surface area (Å²) in [6.07, 6.45) is 0. The third-order valence-electron chi connectivity index (χ3n) is 6.16. The van der Waals surface area contributed by atoms with Gasteiger partial charge in [0.2, 0.25) is 0 Å². The van der Waals surface area contributed by atoms with E-state index in [4.69, 9.17) is 0 Å². The van der Waals surface area contributed by atoms with Gasteiger partial charge in [-0.3, -0.25) is 0 Å². The number of rotatable bonds is 0. The molecule has 0 amide bonds. The van der Waals surface area contributed by atoms with Gasteiger partial charge in [0.15, 0.2) is 0 Å². The molecule has 0 bridgehead atoms. The van der Waals surface area contributed by atoms with Crippen LogP contribution in [-0.2, 0) is 5.41 Å². The minimum absolute atomic E-state index is 0.00189. The van der Waals surface area contributed by atoms with Crippen LogP contribution in [0, 0.1) is 0 Å². The molecule has 0 atom stereocenters. The highest BCUT2D eigenvalue weighted by Gasteiger charge is 2.37. The van der Waals surface area contributed by atoms with Crippen LogP contribution in [0.25, 0.3) is 43.7 Å². The molecular formula is C25H19N. The highest BCUT2D eigenvalue weighted by Crippen LogP contribution is 2.52. The Morgan fingerprint density at radius 1 is 0.654 bits per heavy atom. The number of aromatic nitrogens is 1. The van der Waals surface area contributed by atoms with Crippen LogP contribution in [0.15, 0.2) is 72.8 Å². The van der Waals surface area contributed by atoms with E-state index >= 15 is 0 Å². The molecule has 5 aromatic rings. The normalized spacial score (nSPS) is 14.8. The van der Waals surface area contributed by atoms with Gasteiger partial charge in [-0.1, -0.05) is 68.4 Å². The minimum Gasteiger partial charge on any atom is -0.354 e. The summed E-state index contributed by atoms with van der Waals surface area (Å²) in [5.41, 5.74) is 8.07. The van der Waals surface area contributed by atoms with Crippen molar-refractivity contribution in [2.75, 3.05) is 0 Å². The fraction of sp³-hybridized carbons (Fsp3) is 0.120. The maximum absolute atomic E-state index is 3.60. The van der Waals surface area contributed by atoms with Gasteiger partial charge in [0.25, 0.3) is 0 Å². The lowest BCUT2D eigenvalue weighted by molar-refractivity contribution is 0.667. The number of hydrogen-bond acceptors (Lipinski definition) is 0. The third kappa shape index (κ3) is 1.61. The average molecular weight is 333 g/mol. The average Bonchev–Trinajstić information content (AvgIpc) is 3.13. The fourth-order valence-electron chi connectivity index (χ4n) is 4.94. The van der Waals surface area contributed by atoms with E-state index in [-0.39, 0.29) is 5.41 Å². The molecule has 1 nitrogen and oxygen atoms in total. The van der Waals surface area contributed by atoms with Crippen LogP contribution in [0.4, 0.5) is 0 Å². The molecule has 1 heterocycles. The van der Waals surface area contributed by atoms with Crippen molar-refractivity contribution >= 4 is 32.6 Å². The van der Waals surface area contributed by atoms with Gasteiger partial charge >= 0.3 is 0 Å². The minimum atomic E-state index is -0.00189. The number of para-hydroxylation sites is 1. The first kappa shape index (κ1) is 14.1. The molecule has 1 aromatic heterocycles. The zero-order chi connectivity index (χ0) is 17.5. The number of aromatic amines is 1. The summed E-state index contributed by atoms with van der Waals surface area (Å²) in [6, 6.07) is 26.7. The maximum Gasteiger partial charge on any atom is 0.0471 e. The number of hydrogen-bond donors (Lipinski definition) is 1. The molecule has 0 unspecified atom stereocenters. The second-order valence-electron chi connectivity index (χ2n) is 7.95. The molecule has 0 saturated carbocycles. The first-order valence-corrected chi connectivity index (χ1v) is 9.22. The second kappa shape index (κ2) is 4.56. The topological polar surface area (TPSA) is 15.8 Å². The number of nitrogens with one attached hydrogen (secondary N) is 1. The SMILES string of the molecule is CC1(C)c2cc3c(cc2-c2ccc4ccccc4c21)[nH]c1ccccc13. The zero-order valence-corrected chi connectivity index (χ0v) is 14.9. The van der Waals surface area contributed by atoms with E-state index in [1.165, 1.54) is 54.8 Å². The third-order valence-corrected chi connectivity index (χ3v) is 6.16. The van der Waals surface area contributed by atoms with Gasteiger partial charge in [-0.05, 0) is 51.2 Å². The van der Waals surface area contributed by atoms with Crippen molar-refractivity contribution in [1.29, 1.82) is 0 Å². The predicted molar refractivity (Wildman–Crippen MR) is 111 cm³/mol. The quantitative estimate of drug-likeness (QED) is 0.321. The van der Waals surface area contributed by atoms with Gasteiger partial charge in [-0.25, -0.2) is 0 Å². The maximum atomic E-state index is 3.60. The fourth-order valence-corrected chi connectivity index (χ4v) is 4.94. The van der Waals surface area contributed by atoms with Crippen molar-refractivity contribution in [2.24, 2.45) is 0 Å². The molecule has 0 spiro atoms. The molecule has 4 aromatic carbocycles. The Morgan fingerprint density at radius 2 is 1.42 bits per heavy atom. The number of fused-ring (bicyclic) bond motifs is 8. The van der Waals surface area contributed by atoms with Crippen molar-refractivity contribution < 1.29 is 0 Å². The zero-order valence-electron chi connectivity index (χ0n) is 14.9. The van der Waals surface area contributed by atoms with Crippen LogP contribution in [0.3, 0.4) is 0 Å². The molecule has 124 valence electrons. The summed E-state index contributed by atoms with van der Waals surface area (Å²) in [7, 11) is 0. The highest BCUT2D eigenvalue weighted by molar-refractivity contribution is 6.10. The molecule has 6 rings (SSSR count). The Balaban J connectivity index is 1.77. The second-order valence-corrected chi connectivity index (χ2v) is 7.95. The van der Waals surface area contributed by atoms with Gasteiger partial charge in [0.1, 0.15) is 0 Å². The van der Waals surface area contributed by atoms with Crippen LogP contribution in [0.5, 0.6) is 0 Å². The summed E-state index contributed by atoms with van der Waals surface area (Å²) in [6.45, 7) is 4.73. The van der Waals surface area contributed by atoms with Gasteiger partial charge in [-0.2, -0.15) is 0 Å². The van der Waals surface area contributed by atoms with Crippen molar-refractivity contribution in [3.63, 3.8) is 0 Å². The van der Waals surface area contributed by atoms with E-state index < -0.39 is 0 Å². The predicted octanol–water partition coefficient (Wildman–Crippen LogP) is 6.78. The largest absolute Gasteiger partial charge is 0.354 e. The molecule has 0 saturated heterocycles. The van der Waals surface area contributed by atoms with Crippen LogP contribution in [-0.4, -0.2) is 4.98 Å². The van der Waals surface area contributed by atoms with Crippen LogP contribution < -0.4 is 0 Å². The standard InChI is InChI=1S/C25H19N/c1-25(2)21-13-20-17-9-5-6-10-22(17)26-23(20)14-19(21)18-12-11-15-7-3-4-8-16(15)24(18)25/h3-14,26H,1-2H3. The summed E-state index contributed by atoms with van der Waals surface area (Å²) in [4.78, 5) is 3.60. The van der Waals surface area contributed by atoms with E-state index in [1.807, 2.05) is 0 Å². The Bertz CT molecular complexity index is 1350. The molecule has 0 radical (unpaired) electrons. The van der Waals surface area contributed by atoms with Crippen LogP contribution in [0.2, 0.25) is 0 Å².